The number of ether oxygens (including phenoxy) is 1. The van der Waals surface area contributed by atoms with E-state index < -0.39 is 5.82 Å². The molecular weight excluding hydrogens is 449 g/mol. The zero-order chi connectivity index (χ0) is 25.5. The fraction of sp³-hybridized carbons (Fsp3) is 0.500. The predicted molar refractivity (Wildman–Crippen MR) is 132 cm³/mol. The van der Waals surface area contributed by atoms with Crippen LogP contribution in [-0.2, 0) is 16.1 Å². The lowest BCUT2D eigenvalue weighted by Gasteiger charge is -2.55. The molecule has 1 aliphatic rings. The molecule has 0 aliphatic carbocycles. The number of nitrogens with zero attached hydrogens (tertiary/aromatic N) is 4. The summed E-state index contributed by atoms with van der Waals surface area (Å²) in [4.78, 5) is 21.9. The molecule has 8 nitrogen and oxygen atoms in total. The van der Waals surface area contributed by atoms with Gasteiger partial charge in [0.1, 0.15) is 11.6 Å². The summed E-state index contributed by atoms with van der Waals surface area (Å²) in [5.41, 5.74) is 2.51. The van der Waals surface area contributed by atoms with Crippen molar-refractivity contribution in [2.45, 2.75) is 58.7 Å². The molecule has 188 valence electrons. The summed E-state index contributed by atoms with van der Waals surface area (Å²) in [7, 11) is 1.60. The summed E-state index contributed by atoms with van der Waals surface area (Å²) < 4.78 is 19.8. The Morgan fingerprint density at radius 2 is 1.94 bits per heavy atom. The summed E-state index contributed by atoms with van der Waals surface area (Å²) in [6.07, 6.45) is 0.358. The van der Waals surface area contributed by atoms with Crippen LogP contribution in [0.1, 0.15) is 45.4 Å². The molecule has 2 aromatic heterocycles. The summed E-state index contributed by atoms with van der Waals surface area (Å²) in [5.74, 6) is -0.581. The third-order valence-corrected chi connectivity index (χ3v) is 6.91. The maximum atomic E-state index is 14.7. The number of fused-ring (bicyclic) bond motifs is 1. The van der Waals surface area contributed by atoms with Crippen LogP contribution in [0.5, 0.6) is 5.75 Å². The fourth-order valence-corrected chi connectivity index (χ4v) is 4.94. The van der Waals surface area contributed by atoms with Crippen LogP contribution in [0.15, 0.2) is 24.3 Å². The lowest BCUT2D eigenvalue weighted by molar-refractivity contribution is -0.148. The molecule has 0 radical (unpaired) electrons. The number of piperazine rings is 1. The molecule has 1 fully saturated rings. The standard InChI is InChI=1S/C26H34FN5O3/c1-16-23-17(11-21(28-24(23)30-29-16)19-8-7-18(33)12-20(19)27)13-31-14-26(4,5)32(15-25(31,2)3)22(34)9-10-35-6/h7-8,11-12,33H,9-10,13-15H2,1-6H3,(H,28,29,30). The van der Waals surface area contributed by atoms with E-state index in [1.807, 2.05) is 17.9 Å². The maximum absolute atomic E-state index is 14.7. The first kappa shape index (κ1) is 25.1. The molecule has 3 aromatic rings. The third kappa shape index (κ3) is 4.88. The highest BCUT2D eigenvalue weighted by atomic mass is 19.1. The number of aryl methyl sites for hydroxylation is 1. The molecule has 9 heteroatoms. The van der Waals surface area contributed by atoms with Gasteiger partial charge in [-0.25, -0.2) is 9.37 Å². The summed E-state index contributed by atoms with van der Waals surface area (Å²) in [5, 5.41) is 17.9. The Bertz CT molecular complexity index is 1250. The number of hydrogen-bond donors (Lipinski definition) is 2. The van der Waals surface area contributed by atoms with Crippen LogP contribution in [0.25, 0.3) is 22.3 Å². The largest absolute Gasteiger partial charge is 0.508 e. The Morgan fingerprint density at radius 1 is 1.20 bits per heavy atom. The number of phenols is 1. The van der Waals surface area contributed by atoms with Crippen LogP contribution in [0, 0.1) is 12.7 Å². The Hall–Kier alpha value is -3.04. The second-order valence-corrected chi connectivity index (χ2v) is 10.6. The summed E-state index contributed by atoms with van der Waals surface area (Å²) in [6.45, 7) is 12.6. The van der Waals surface area contributed by atoms with Crippen molar-refractivity contribution in [3.63, 3.8) is 0 Å². The lowest BCUT2D eigenvalue weighted by atomic mass is 9.87. The predicted octanol–water partition coefficient (Wildman–Crippen LogP) is 4.02. The Balaban J connectivity index is 1.71. The molecule has 1 saturated heterocycles. The molecule has 1 aliphatic heterocycles. The molecule has 0 spiro atoms. The smallest absolute Gasteiger partial charge is 0.225 e. The minimum atomic E-state index is -0.538. The third-order valence-electron chi connectivity index (χ3n) is 6.91. The fourth-order valence-electron chi connectivity index (χ4n) is 4.94. The maximum Gasteiger partial charge on any atom is 0.225 e. The van der Waals surface area contributed by atoms with Crippen LogP contribution in [0.2, 0.25) is 0 Å². The first-order valence-corrected chi connectivity index (χ1v) is 11.8. The number of methoxy groups -OCH3 is 1. The van der Waals surface area contributed by atoms with E-state index in [-0.39, 0.29) is 22.7 Å². The van der Waals surface area contributed by atoms with Gasteiger partial charge in [-0.15, -0.1) is 0 Å². The van der Waals surface area contributed by atoms with Crippen molar-refractivity contribution < 1.29 is 19.0 Å². The van der Waals surface area contributed by atoms with Crippen LogP contribution >= 0.6 is 0 Å². The number of carbonyl (C=O) groups excluding carboxylic acids is 1. The van der Waals surface area contributed by atoms with Crippen molar-refractivity contribution >= 4 is 16.9 Å². The van der Waals surface area contributed by atoms with Gasteiger partial charge in [0, 0.05) is 49.3 Å². The summed E-state index contributed by atoms with van der Waals surface area (Å²) in [6, 6.07) is 5.97. The van der Waals surface area contributed by atoms with E-state index in [1.165, 1.54) is 12.1 Å². The van der Waals surface area contributed by atoms with Gasteiger partial charge < -0.3 is 14.7 Å². The number of hydrogen-bond acceptors (Lipinski definition) is 6. The number of nitrogens with one attached hydrogen (secondary N) is 1. The molecule has 3 heterocycles. The van der Waals surface area contributed by atoms with E-state index in [0.29, 0.717) is 49.6 Å². The lowest BCUT2D eigenvalue weighted by Crippen LogP contribution is -2.68. The van der Waals surface area contributed by atoms with E-state index >= 15 is 0 Å². The van der Waals surface area contributed by atoms with Crippen LogP contribution in [0.4, 0.5) is 4.39 Å². The molecule has 0 bridgehead atoms. The highest BCUT2D eigenvalue weighted by molar-refractivity contribution is 5.84. The SMILES string of the molecule is COCCC(=O)N1CC(C)(C)N(Cc2cc(-c3ccc(O)cc3F)nc3[nH]nc(C)c23)CC1(C)C. The van der Waals surface area contributed by atoms with Crippen molar-refractivity contribution in [2.75, 3.05) is 26.8 Å². The van der Waals surface area contributed by atoms with Gasteiger partial charge >= 0.3 is 0 Å². The summed E-state index contributed by atoms with van der Waals surface area (Å²) >= 11 is 0. The number of rotatable bonds is 6. The van der Waals surface area contributed by atoms with E-state index in [0.717, 1.165) is 22.7 Å². The number of aromatic nitrogens is 3. The van der Waals surface area contributed by atoms with Gasteiger partial charge in [-0.3, -0.25) is 14.8 Å². The number of benzene rings is 1. The Kier molecular flexibility index (Phi) is 6.59. The van der Waals surface area contributed by atoms with Gasteiger partial charge in [0.15, 0.2) is 5.65 Å². The minimum absolute atomic E-state index is 0.0895. The molecule has 1 aromatic carbocycles. The first-order valence-electron chi connectivity index (χ1n) is 11.8. The highest BCUT2D eigenvalue weighted by Crippen LogP contribution is 2.35. The van der Waals surface area contributed by atoms with Crippen molar-refractivity contribution in [1.82, 2.24) is 25.0 Å². The monoisotopic (exact) mass is 483 g/mol. The van der Waals surface area contributed by atoms with E-state index in [9.17, 15) is 14.3 Å². The van der Waals surface area contributed by atoms with E-state index in [1.54, 1.807) is 7.11 Å². The van der Waals surface area contributed by atoms with Crippen molar-refractivity contribution in [1.29, 1.82) is 0 Å². The van der Waals surface area contributed by atoms with Crippen molar-refractivity contribution in [3.8, 4) is 17.0 Å². The Labute approximate surface area is 205 Å². The normalized spacial score (nSPS) is 17.7. The molecule has 0 unspecified atom stereocenters. The number of aromatic amines is 1. The number of amides is 1. The second-order valence-electron chi connectivity index (χ2n) is 10.6. The number of phenolic OH excluding ortho intramolecular Hbond substituents is 1. The minimum Gasteiger partial charge on any atom is -0.508 e. The molecule has 4 rings (SSSR count). The average Bonchev–Trinajstić information content (AvgIpc) is 3.15. The number of H-pyrrole nitrogens is 1. The van der Waals surface area contributed by atoms with Crippen LogP contribution < -0.4 is 0 Å². The average molecular weight is 484 g/mol. The number of halogens is 1. The topological polar surface area (TPSA) is 94.6 Å². The van der Waals surface area contributed by atoms with Gasteiger partial charge in [-0.1, -0.05) is 0 Å². The molecule has 1 amide bonds. The zero-order valence-corrected chi connectivity index (χ0v) is 21.3. The van der Waals surface area contributed by atoms with E-state index in [2.05, 4.69) is 47.8 Å². The molecular formula is C26H34FN5O3. The van der Waals surface area contributed by atoms with Crippen molar-refractivity contribution in [3.05, 3.63) is 41.3 Å². The second kappa shape index (κ2) is 9.20. The van der Waals surface area contributed by atoms with Gasteiger partial charge in [0.2, 0.25) is 5.91 Å². The quantitative estimate of drug-likeness (QED) is 0.550. The highest BCUT2D eigenvalue weighted by Gasteiger charge is 2.45. The first-order chi connectivity index (χ1) is 16.4. The van der Waals surface area contributed by atoms with Crippen LogP contribution in [-0.4, -0.2) is 73.9 Å². The molecule has 0 saturated carbocycles. The number of aromatic hydroxyl groups is 1. The van der Waals surface area contributed by atoms with Gasteiger partial charge in [0.25, 0.3) is 0 Å². The Morgan fingerprint density at radius 3 is 2.63 bits per heavy atom. The zero-order valence-electron chi connectivity index (χ0n) is 21.3. The number of pyridine rings is 1. The molecule has 2 N–H and O–H groups in total. The van der Waals surface area contributed by atoms with Gasteiger partial charge in [-0.2, -0.15) is 5.10 Å². The van der Waals surface area contributed by atoms with Gasteiger partial charge in [-0.05, 0) is 58.4 Å². The molecule has 35 heavy (non-hydrogen) atoms. The van der Waals surface area contributed by atoms with E-state index in [4.69, 9.17) is 4.74 Å². The van der Waals surface area contributed by atoms with Crippen LogP contribution in [0.3, 0.4) is 0 Å². The van der Waals surface area contributed by atoms with Crippen molar-refractivity contribution in [2.24, 2.45) is 0 Å². The van der Waals surface area contributed by atoms with Gasteiger partial charge in [0.05, 0.1) is 30.0 Å². The molecule has 0 atom stereocenters. The number of carbonyl (C=O) groups is 1.